The standard InChI is InChI=1S/C15H25N3O2/c1-11-10-12(2)18(16-11)13-6-8-17(9-7-13)14(19)20-15(3,4)5/h10,13H,6-9H2,1-5H3. The van der Waals surface area contributed by atoms with Crippen molar-refractivity contribution < 1.29 is 9.53 Å². The summed E-state index contributed by atoms with van der Waals surface area (Å²) >= 11 is 0. The van der Waals surface area contributed by atoms with Crippen LogP contribution < -0.4 is 0 Å². The quantitative estimate of drug-likeness (QED) is 0.793. The van der Waals surface area contributed by atoms with Crippen LogP contribution in [0.1, 0.15) is 51.0 Å². The van der Waals surface area contributed by atoms with Gasteiger partial charge in [-0.2, -0.15) is 5.10 Å². The fourth-order valence-corrected chi connectivity index (χ4v) is 2.64. The Bertz CT molecular complexity index is 480. The molecule has 0 atom stereocenters. The Morgan fingerprint density at radius 3 is 2.35 bits per heavy atom. The summed E-state index contributed by atoms with van der Waals surface area (Å²) in [5.74, 6) is 0. The number of rotatable bonds is 1. The molecule has 1 aliphatic heterocycles. The van der Waals surface area contributed by atoms with E-state index in [2.05, 4.69) is 22.8 Å². The second-order valence-electron chi connectivity index (χ2n) is 6.57. The lowest BCUT2D eigenvalue weighted by Gasteiger charge is -2.33. The summed E-state index contributed by atoms with van der Waals surface area (Å²) < 4.78 is 7.51. The molecule has 1 aliphatic rings. The summed E-state index contributed by atoms with van der Waals surface area (Å²) in [6.45, 7) is 11.3. The van der Waals surface area contributed by atoms with E-state index in [0.29, 0.717) is 6.04 Å². The highest BCUT2D eigenvalue weighted by Crippen LogP contribution is 2.24. The van der Waals surface area contributed by atoms with Gasteiger partial charge in [-0.15, -0.1) is 0 Å². The second-order valence-corrected chi connectivity index (χ2v) is 6.57. The van der Waals surface area contributed by atoms with Crippen LogP contribution in [-0.2, 0) is 4.74 Å². The maximum atomic E-state index is 12.0. The van der Waals surface area contributed by atoms with Gasteiger partial charge in [0.25, 0.3) is 0 Å². The molecule has 1 saturated heterocycles. The van der Waals surface area contributed by atoms with E-state index in [1.54, 1.807) is 4.90 Å². The maximum Gasteiger partial charge on any atom is 0.410 e. The van der Waals surface area contributed by atoms with Crippen LogP contribution in [0.3, 0.4) is 0 Å². The van der Waals surface area contributed by atoms with Gasteiger partial charge >= 0.3 is 6.09 Å². The Morgan fingerprint density at radius 2 is 1.90 bits per heavy atom. The molecule has 2 heterocycles. The minimum atomic E-state index is -0.427. The SMILES string of the molecule is Cc1cc(C)n(C2CCN(C(=O)OC(C)(C)C)CC2)n1. The van der Waals surface area contributed by atoms with Crippen molar-refractivity contribution in [3.05, 3.63) is 17.5 Å². The molecule has 5 nitrogen and oxygen atoms in total. The molecule has 0 spiro atoms. The highest BCUT2D eigenvalue weighted by Gasteiger charge is 2.28. The van der Waals surface area contributed by atoms with Gasteiger partial charge in [-0.25, -0.2) is 4.79 Å². The molecule has 1 amide bonds. The Kier molecular flexibility index (Phi) is 4.06. The molecule has 0 saturated carbocycles. The Balaban J connectivity index is 1.92. The molecular formula is C15H25N3O2. The average Bonchev–Trinajstić information content (AvgIpc) is 2.66. The third-order valence-corrected chi connectivity index (χ3v) is 3.51. The topological polar surface area (TPSA) is 47.4 Å². The first-order valence-corrected chi connectivity index (χ1v) is 7.27. The Labute approximate surface area is 120 Å². The summed E-state index contributed by atoms with van der Waals surface area (Å²) in [5.41, 5.74) is 1.82. The third kappa shape index (κ3) is 3.52. The molecule has 5 heteroatoms. The highest BCUT2D eigenvalue weighted by molar-refractivity contribution is 5.68. The van der Waals surface area contributed by atoms with Crippen molar-refractivity contribution in [3.8, 4) is 0 Å². The van der Waals surface area contributed by atoms with Gasteiger partial charge in [0.1, 0.15) is 5.60 Å². The van der Waals surface area contributed by atoms with Crippen LogP contribution in [0.15, 0.2) is 6.07 Å². The lowest BCUT2D eigenvalue weighted by Crippen LogP contribution is -2.42. The lowest BCUT2D eigenvalue weighted by atomic mass is 10.1. The third-order valence-electron chi connectivity index (χ3n) is 3.51. The summed E-state index contributed by atoms with van der Waals surface area (Å²) in [4.78, 5) is 13.8. The van der Waals surface area contributed by atoms with Crippen molar-refractivity contribution in [3.63, 3.8) is 0 Å². The zero-order valence-electron chi connectivity index (χ0n) is 13.1. The zero-order chi connectivity index (χ0) is 14.9. The van der Waals surface area contributed by atoms with Crippen LogP contribution in [0.4, 0.5) is 4.79 Å². The number of amides is 1. The summed E-state index contributed by atoms with van der Waals surface area (Å²) in [6, 6.07) is 2.49. The zero-order valence-corrected chi connectivity index (χ0v) is 13.1. The molecule has 0 unspecified atom stereocenters. The van der Waals surface area contributed by atoms with Crippen LogP contribution in [-0.4, -0.2) is 39.5 Å². The van der Waals surface area contributed by atoms with Gasteiger partial charge in [0.2, 0.25) is 0 Å². The highest BCUT2D eigenvalue weighted by atomic mass is 16.6. The predicted octanol–water partition coefficient (Wildman–Crippen LogP) is 3.07. The van der Waals surface area contributed by atoms with E-state index < -0.39 is 5.60 Å². The molecule has 1 fully saturated rings. The number of hydrogen-bond acceptors (Lipinski definition) is 3. The normalized spacial score (nSPS) is 17.4. The van der Waals surface area contributed by atoms with E-state index in [9.17, 15) is 4.79 Å². The Hall–Kier alpha value is -1.52. The van der Waals surface area contributed by atoms with Gasteiger partial charge in [0, 0.05) is 18.8 Å². The van der Waals surface area contributed by atoms with Gasteiger partial charge in [0.15, 0.2) is 0 Å². The predicted molar refractivity (Wildman–Crippen MR) is 77.8 cm³/mol. The van der Waals surface area contributed by atoms with Crippen LogP contribution >= 0.6 is 0 Å². The number of aryl methyl sites for hydroxylation is 2. The smallest absolute Gasteiger partial charge is 0.410 e. The molecule has 0 aromatic carbocycles. The summed E-state index contributed by atoms with van der Waals surface area (Å²) in [5, 5.41) is 4.55. The fourth-order valence-electron chi connectivity index (χ4n) is 2.64. The van der Waals surface area contributed by atoms with E-state index >= 15 is 0 Å². The molecule has 0 bridgehead atoms. The molecule has 1 aromatic heterocycles. The minimum Gasteiger partial charge on any atom is -0.444 e. The fraction of sp³-hybridized carbons (Fsp3) is 0.733. The molecule has 2 rings (SSSR count). The molecular weight excluding hydrogens is 254 g/mol. The summed E-state index contributed by atoms with van der Waals surface area (Å²) in [7, 11) is 0. The van der Waals surface area contributed by atoms with Gasteiger partial charge in [-0.3, -0.25) is 4.68 Å². The van der Waals surface area contributed by atoms with Gasteiger partial charge in [-0.05, 0) is 53.5 Å². The Morgan fingerprint density at radius 1 is 1.30 bits per heavy atom. The van der Waals surface area contributed by atoms with Crippen molar-refractivity contribution in [2.24, 2.45) is 0 Å². The van der Waals surface area contributed by atoms with E-state index in [4.69, 9.17) is 4.74 Å². The number of ether oxygens (including phenoxy) is 1. The molecule has 0 N–H and O–H groups in total. The van der Waals surface area contributed by atoms with Crippen LogP contribution in [0.5, 0.6) is 0 Å². The van der Waals surface area contributed by atoms with Crippen molar-refractivity contribution in [1.29, 1.82) is 0 Å². The minimum absolute atomic E-state index is 0.204. The van der Waals surface area contributed by atoms with Gasteiger partial charge in [0.05, 0.1) is 11.7 Å². The lowest BCUT2D eigenvalue weighted by molar-refractivity contribution is 0.0184. The number of carbonyl (C=O) groups excluding carboxylic acids is 1. The number of hydrogen-bond donors (Lipinski definition) is 0. The first-order chi connectivity index (χ1) is 9.26. The second kappa shape index (κ2) is 5.46. The monoisotopic (exact) mass is 279 g/mol. The molecule has 0 aliphatic carbocycles. The number of likely N-dealkylation sites (tertiary alicyclic amines) is 1. The van der Waals surface area contributed by atoms with Crippen molar-refractivity contribution >= 4 is 6.09 Å². The van der Waals surface area contributed by atoms with Crippen LogP contribution in [0, 0.1) is 13.8 Å². The van der Waals surface area contributed by atoms with Gasteiger partial charge < -0.3 is 9.64 Å². The van der Waals surface area contributed by atoms with E-state index in [1.165, 1.54) is 5.69 Å². The molecule has 20 heavy (non-hydrogen) atoms. The van der Waals surface area contributed by atoms with Crippen molar-refractivity contribution in [1.82, 2.24) is 14.7 Å². The van der Waals surface area contributed by atoms with Crippen LogP contribution in [0.25, 0.3) is 0 Å². The number of nitrogens with zero attached hydrogens (tertiary/aromatic N) is 3. The molecule has 1 aromatic rings. The first-order valence-electron chi connectivity index (χ1n) is 7.27. The molecule has 0 radical (unpaired) electrons. The van der Waals surface area contributed by atoms with Crippen molar-refractivity contribution in [2.75, 3.05) is 13.1 Å². The number of aromatic nitrogens is 2. The van der Waals surface area contributed by atoms with E-state index in [-0.39, 0.29) is 6.09 Å². The maximum absolute atomic E-state index is 12.0. The largest absolute Gasteiger partial charge is 0.444 e. The van der Waals surface area contributed by atoms with E-state index in [1.807, 2.05) is 27.7 Å². The first kappa shape index (κ1) is 14.9. The molecule has 112 valence electrons. The van der Waals surface area contributed by atoms with Crippen molar-refractivity contribution in [2.45, 2.75) is 59.1 Å². The average molecular weight is 279 g/mol. The van der Waals surface area contributed by atoms with E-state index in [0.717, 1.165) is 31.6 Å². The number of carbonyl (C=O) groups is 1. The summed E-state index contributed by atoms with van der Waals surface area (Å²) in [6.07, 6.45) is 1.66. The number of piperidine rings is 1. The van der Waals surface area contributed by atoms with Crippen LogP contribution in [0.2, 0.25) is 0 Å². The van der Waals surface area contributed by atoms with Gasteiger partial charge in [-0.1, -0.05) is 0 Å².